The molecule has 106 valence electrons. The van der Waals surface area contributed by atoms with E-state index >= 15 is 0 Å². The zero-order chi connectivity index (χ0) is 13.8. The second-order valence-electron chi connectivity index (χ2n) is 6.79. The summed E-state index contributed by atoms with van der Waals surface area (Å²) in [6, 6.07) is 0. The molecule has 4 heteroatoms. The molecule has 18 heavy (non-hydrogen) atoms. The van der Waals surface area contributed by atoms with Crippen LogP contribution in [-0.2, 0) is 4.79 Å². The van der Waals surface area contributed by atoms with Gasteiger partial charge in [-0.05, 0) is 39.5 Å². The van der Waals surface area contributed by atoms with E-state index in [-0.39, 0.29) is 30.1 Å². The van der Waals surface area contributed by atoms with Gasteiger partial charge < -0.3 is 15.7 Å². The van der Waals surface area contributed by atoms with Crippen molar-refractivity contribution in [2.75, 3.05) is 13.2 Å². The highest BCUT2D eigenvalue weighted by Crippen LogP contribution is 2.31. The number of aliphatic hydroxyl groups is 1. The van der Waals surface area contributed by atoms with Crippen LogP contribution in [0.15, 0.2) is 0 Å². The monoisotopic (exact) mass is 256 g/mol. The minimum absolute atomic E-state index is 0.00597. The van der Waals surface area contributed by atoms with Crippen molar-refractivity contribution in [1.29, 1.82) is 0 Å². The van der Waals surface area contributed by atoms with Gasteiger partial charge in [-0.2, -0.15) is 0 Å². The topological polar surface area (TPSA) is 61.4 Å². The molecule has 1 saturated carbocycles. The maximum atomic E-state index is 11.8. The quantitative estimate of drug-likeness (QED) is 0.713. The Morgan fingerprint density at radius 2 is 2.11 bits per heavy atom. The van der Waals surface area contributed by atoms with Gasteiger partial charge in [0.2, 0.25) is 5.91 Å². The smallest absolute Gasteiger partial charge is 0.234 e. The summed E-state index contributed by atoms with van der Waals surface area (Å²) in [6.07, 6.45) is 4.25. The molecule has 4 nitrogen and oxygen atoms in total. The molecule has 0 saturated heterocycles. The molecule has 2 atom stereocenters. The van der Waals surface area contributed by atoms with Crippen LogP contribution in [0, 0.1) is 5.92 Å². The number of carbonyl (C=O) groups is 1. The molecule has 0 radical (unpaired) electrons. The number of aliphatic hydroxyl groups excluding tert-OH is 1. The van der Waals surface area contributed by atoms with Crippen LogP contribution in [0.25, 0.3) is 0 Å². The van der Waals surface area contributed by atoms with Gasteiger partial charge in [-0.1, -0.05) is 19.8 Å². The number of nitrogens with one attached hydrogen (secondary N) is 2. The van der Waals surface area contributed by atoms with Gasteiger partial charge in [0.05, 0.1) is 13.2 Å². The van der Waals surface area contributed by atoms with E-state index in [9.17, 15) is 9.90 Å². The fourth-order valence-corrected chi connectivity index (χ4v) is 2.75. The Kier molecular flexibility index (Phi) is 5.17. The third-order valence-corrected chi connectivity index (χ3v) is 3.53. The summed E-state index contributed by atoms with van der Waals surface area (Å²) in [5, 5.41) is 15.8. The predicted molar refractivity (Wildman–Crippen MR) is 73.3 cm³/mol. The lowest BCUT2D eigenvalue weighted by molar-refractivity contribution is -0.122. The van der Waals surface area contributed by atoms with E-state index in [1.165, 1.54) is 6.42 Å². The highest BCUT2D eigenvalue weighted by atomic mass is 16.3. The van der Waals surface area contributed by atoms with Gasteiger partial charge in [-0.15, -0.1) is 0 Å². The van der Waals surface area contributed by atoms with Crippen LogP contribution in [0.1, 0.15) is 53.4 Å². The summed E-state index contributed by atoms with van der Waals surface area (Å²) in [6.45, 7) is 8.51. The molecule has 1 rings (SSSR count). The molecule has 0 aromatic carbocycles. The molecule has 0 heterocycles. The Hall–Kier alpha value is -0.610. The van der Waals surface area contributed by atoms with E-state index in [2.05, 4.69) is 17.6 Å². The van der Waals surface area contributed by atoms with Crippen molar-refractivity contribution in [3.05, 3.63) is 0 Å². The Morgan fingerprint density at radius 1 is 1.44 bits per heavy atom. The molecule has 0 spiro atoms. The first-order valence-corrected chi connectivity index (χ1v) is 6.93. The lowest BCUT2D eigenvalue weighted by atomic mass is 9.77. The first-order valence-electron chi connectivity index (χ1n) is 6.93. The number of carbonyl (C=O) groups excluding carboxylic acids is 1. The Labute approximate surface area is 111 Å². The van der Waals surface area contributed by atoms with E-state index in [1.54, 1.807) is 0 Å². The number of hydrogen-bond acceptors (Lipinski definition) is 3. The number of hydrogen-bond donors (Lipinski definition) is 3. The van der Waals surface area contributed by atoms with Gasteiger partial charge >= 0.3 is 0 Å². The maximum Gasteiger partial charge on any atom is 0.234 e. The van der Waals surface area contributed by atoms with Crippen molar-refractivity contribution in [1.82, 2.24) is 10.6 Å². The summed E-state index contributed by atoms with van der Waals surface area (Å²) >= 11 is 0. The average molecular weight is 256 g/mol. The van der Waals surface area contributed by atoms with Crippen LogP contribution in [-0.4, -0.2) is 35.2 Å². The van der Waals surface area contributed by atoms with Crippen LogP contribution in [0.2, 0.25) is 0 Å². The van der Waals surface area contributed by atoms with Crippen molar-refractivity contribution in [2.24, 2.45) is 5.92 Å². The van der Waals surface area contributed by atoms with Gasteiger partial charge in [0.15, 0.2) is 0 Å². The first kappa shape index (κ1) is 15.4. The lowest BCUT2D eigenvalue weighted by Gasteiger charge is -2.39. The highest BCUT2D eigenvalue weighted by Gasteiger charge is 2.34. The summed E-state index contributed by atoms with van der Waals surface area (Å²) < 4.78 is 0. The molecule has 0 aromatic heterocycles. The van der Waals surface area contributed by atoms with Crippen molar-refractivity contribution >= 4 is 5.91 Å². The standard InChI is InChI=1S/C14H28N2O2/c1-11-6-5-7-14(8-11,10-17)15-9-12(18)16-13(2,3)4/h11,15,17H,5-10H2,1-4H3,(H,16,18). The molecule has 0 aromatic rings. The molecular formula is C14H28N2O2. The fourth-order valence-electron chi connectivity index (χ4n) is 2.75. The zero-order valence-corrected chi connectivity index (χ0v) is 12.2. The van der Waals surface area contributed by atoms with Crippen molar-refractivity contribution < 1.29 is 9.90 Å². The number of rotatable bonds is 4. The second-order valence-corrected chi connectivity index (χ2v) is 6.79. The van der Waals surface area contributed by atoms with E-state index in [0.29, 0.717) is 5.92 Å². The summed E-state index contributed by atoms with van der Waals surface area (Å²) in [5.41, 5.74) is -0.460. The van der Waals surface area contributed by atoms with Crippen LogP contribution < -0.4 is 10.6 Å². The van der Waals surface area contributed by atoms with Crippen LogP contribution >= 0.6 is 0 Å². The van der Waals surface area contributed by atoms with Crippen molar-refractivity contribution in [2.45, 2.75) is 64.5 Å². The Morgan fingerprint density at radius 3 is 2.61 bits per heavy atom. The molecule has 2 unspecified atom stereocenters. The van der Waals surface area contributed by atoms with Gasteiger partial charge in [0.1, 0.15) is 0 Å². The molecule has 1 aliphatic carbocycles. The second kappa shape index (κ2) is 6.02. The van der Waals surface area contributed by atoms with E-state index < -0.39 is 0 Å². The molecule has 3 N–H and O–H groups in total. The van der Waals surface area contributed by atoms with E-state index in [0.717, 1.165) is 19.3 Å². The van der Waals surface area contributed by atoms with Crippen LogP contribution in [0.4, 0.5) is 0 Å². The molecular weight excluding hydrogens is 228 g/mol. The SMILES string of the molecule is CC1CCCC(CO)(NCC(=O)NC(C)(C)C)C1. The molecule has 1 aliphatic rings. The highest BCUT2D eigenvalue weighted by molar-refractivity contribution is 5.78. The first-order chi connectivity index (χ1) is 8.26. The van der Waals surface area contributed by atoms with Crippen molar-refractivity contribution in [3.63, 3.8) is 0 Å². The molecule has 1 amide bonds. The Balaban J connectivity index is 2.46. The third-order valence-electron chi connectivity index (χ3n) is 3.53. The van der Waals surface area contributed by atoms with Crippen LogP contribution in [0.3, 0.4) is 0 Å². The van der Waals surface area contributed by atoms with Crippen LogP contribution in [0.5, 0.6) is 0 Å². The van der Waals surface area contributed by atoms with Gasteiger partial charge in [0.25, 0.3) is 0 Å². The van der Waals surface area contributed by atoms with Gasteiger partial charge in [-0.25, -0.2) is 0 Å². The minimum atomic E-state index is -0.257. The summed E-state index contributed by atoms with van der Waals surface area (Å²) in [7, 11) is 0. The maximum absolute atomic E-state index is 11.8. The normalized spacial score (nSPS) is 29.1. The Bertz CT molecular complexity index is 286. The molecule has 0 aliphatic heterocycles. The minimum Gasteiger partial charge on any atom is -0.394 e. The van der Waals surface area contributed by atoms with E-state index in [1.807, 2.05) is 20.8 Å². The van der Waals surface area contributed by atoms with E-state index in [4.69, 9.17) is 0 Å². The number of amides is 1. The predicted octanol–water partition coefficient (Wildman–Crippen LogP) is 1.43. The molecule has 1 fully saturated rings. The summed E-state index contributed by atoms with van der Waals surface area (Å²) in [5.74, 6) is 0.609. The molecule has 0 bridgehead atoms. The third kappa shape index (κ3) is 4.94. The summed E-state index contributed by atoms with van der Waals surface area (Å²) in [4.78, 5) is 11.8. The largest absolute Gasteiger partial charge is 0.394 e. The average Bonchev–Trinajstić information content (AvgIpc) is 2.24. The van der Waals surface area contributed by atoms with Gasteiger partial charge in [0, 0.05) is 11.1 Å². The zero-order valence-electron chi connectivity index (χ0n) is 12.2. The fraction of sp³-hybridized carbons (Fsp3) is 0.929. The van der Waals surface area contributed by atoms with Crippen molar-refractivity contribution in [3.8, 4) is 0 Å². The lowest BCUT2D eigenvalue weighted by Crippen LogP contribution is -2.55. The van der Waals surface area contributed by atoms with Gasteiger partial charge in [-0.3, -0.25) is 4.79 Å².